The first kappa shape index (κ1) is 30.2. The molecule has 5 atom stereocenters. The molecule has 11 heteroatoms. The van der Waals surface area contributed by atoms with E-state index in [1.807, 2.05) is 31.2 Å². The number of carboxylic acid groups (broad SMARTS) is 1. The van der Waals surface area contributed by atoms with Gasteiger partial charge in [-0.3, -0.25) is 14.4 Å². The van der Waals surface area contributed by atoms with Crippen molar-refractivity contribution < 1.29 is 29.4 Å². The van der Waals surface area contributed by atoms with Crippen LogP contribution < -0.4 is 21.7 Å². The second-order valence-corrected chi connectivity index (χ2v) is 10.1. The van der Waals surface area contributed by atoms with Gasteiger partial charge < -0.3 is 36.9 Å². The number of H-pyrrole nitrogens is 1. The van der Waals surface area contributed by atoms with E-state index in [9.17, 15) is 29.4 Å². The van der Waals surface area contributed by atoms with Gasteiger partial charge in [-0.05, 0) is 42.2 Å². The lowest BCUT2D eigenvalue weighted by molar-refractivity contribution is -0.143. The number of aliphatic carboxylic acids is 1. The fourth-order valence-corrected chi connectivity index (χ4v) is 4.32. The molecular formula is C29H37N5O6. The number of rotatable bonds is 13. The number of hydrogen-bond donors (Lipinski definition) is 7. The fraction of sp³-hybridized carbons (Fsp3) is 0.379. The third-order valence-electron chi connectivity index (χ3n) is 6.93. The molecule has 8 N–H and O–H groups in total. The van der Waals surface area contributed by atoms with Crippen LogP contribution >= 0.6 is 0 Å². The Kier molecular flexibility index (Phi) is 10.3. The summed E-state index contributed by atoms with van der Waals surface area (Å²) in [5.74, 6) is -3.33. The lowest BCUT2D eigenvalue weighted by Gasteiger charge is -2.26. The van der Waals surface area contributed by atoms with E-state index in [4.69, 9.17) is 5.73 Å². The van der Waals surface area contributed by atoms with Gasteiger partial charge in [0.05, 0.1) is 6.04 Å². The molecule has 5 unspecified atom stereocenters. The summed E-state index contributed by atoms with van der Waals surface area (Å²) in [6.07, 6.45) is 2.40. The summed E-state index contributed by atoms with van der Waals surface area (Å²) in [4.78, 5) is 54.6. The summed E-state index contributed by atoms with van der Waals surface area (Å²) < 4.78 is 0. The number of nitrogens with two attached hydrogens (primary N) is 1. The molecule has 214 valence electrons. The quantitative estimate of drug-likeness (QED) is 0.168. The van der Waals surface area contributed by atoms with E-state index in [-0.39, 0.29) is 24.5 Å². The lowest BCUT2D eigenvalue weighted by Crippen LogP contribution is -2.58. The van der Waals surface area contributed by atoms with Crippen molar-refractivity contribution in [3.63, 3.8) is 0 Å². The Balaban J connectivity index is 1.91. The van der Waals surface area contributed by atoms with Gasteiger partial charge in [-0.25, -0.2) is 4.79 Å². The highest BCUT2D eigenvalue weighted by Gasteiger charge is 2.32. The van der Waals surface area contributed by atoms with E-state index in [2.05, 4.69) is 20.9 Å². The van der Waals surface area contributed by atoms with Crippen molar-refractivity contribution in [2.24, 2.45) is 11.7 Å². The van der Waals surface area contributed by atoms with Gasteiger partial charge in [-0.1, -0.05) is 50.6 Å². The molecule has 3 aromatic rings. The number of phenols is 1. The summed E-state index contributed by atoms with van der Waals surface area (Å²) in [5.41, 5.74) is 7.97. The van der Waals surface area contributed by atoms with E-state index >= 15 is 0 Å². The van der Waals surface area contributed by atoms with Crippen molar-refractivity contribution in [3.8, 4) is 5.75 Å². The summed E-state index contributed by atoms with van der Waals surface area (Å²) in [6.45, 7) is 5.04. The Morgan fingerprint density at radius 3 is 2.10 bits per heavy atom. The largest absolute Gasteiger partial charge is 0.508 e. The first-order valence-corrected chi connectivity index (χ1v) is 13.2. The van der Waals surface area contributed by atoms with Crippen LogP contribution in [0.2, 0.25) is 0 Å². The third kappa shape index (κ3) is 7.82. The predicted molar refractivity (Wildman–Crippen MR) is 150 cm³/mol. The molecule has 0 saturated carbocycles. The molecule has 3 amide bonds. The number of aromatic nitrogens is 1. The van der Waals surface area contributed by atoms with Gasteiger partial charge in [0.2, 0.25) is 17.7 Å². The van der Waals surface area contributed by atoms with Gasteiger partial charge in [-0.2, -0.15) is 0 Å². The number of hydrogen-bond acceptors (Lipinski definition) is 6. The van der Waals surface area contributed by atoms with E-state index < -0.39 is 47.9 Å². The molecule has 0 fully saturated rings. The summed E-state index contributed by atoms with van der Waals surface area (Å²) >= 11 is 0. The normalized spacial score (nSPS) is 14.9. The van der Waals surface area contributed by atoms with Gasteiger partial charge in [0.1, 0.15) is 23.9 Å². The van der Waals surface area contributed by atoms with E-state index in [1.54, 1.807) is 25.3 Å². The number of carbonyl (C=O) groups is 4. The number of carbonyl (C=O) groups excluding carboxylic acids is 3. The highest BCUT2D eigenvalue weighted by Crippen LogP contribution is 2.20. The molecule has 1 aromatic heterocycles. The number of nitrogens with one attached hydrogen (secondary N) is 4. The number of aromatic hydroxyl groups is 1. The van der Waals surface area contributed by atoms with E-state index in [1.165, 1.54) is 19.1 Å². The van der Waals surface area contributed by atoms with Crippen LogP contribution in [0.1, 0.15) is 38.3 Å². The number of amides is 3. The lowest BCUT2D eigenvalue weighted by atomic mass is 9.97. The maximum atomic E-state index is 13.6. The molecule has 3 rings (SSSR count). The molecule has 0 spiro atoms. The first-order chi connectivity index (χ1) is 19.0. The smallest absolute Gasteiger partial charge is 0.326 e. The topological polar surface area (TPSA) is 187 Å². The van der Waals surface area contributed by atoms with Crippen molar-refractivity contribution in [2.45, 2.75) is 64.2 Å². The van der Waals surface area contributed by atoms with Gasteiger partial charge in [-0.15, -0.1) is 0 Å². The van der Waals surface area contributed by atoms with Crippen molar-refractivity contribution in [1.29, 1.82) is 0 Å². The van der Waals surface area contributed by atoms with Crippen LogP contribution in [0.15, 0.2) is 54.7 Å². The standard InChI is InChI=1S/C29H37N5O6/c1-4-16(2)25(29(39)40)34-28(38)24(14-19-15-31-22-8-6-5-7-21(19)22)33-27(37)23(32-26(36)17(3)30)13-18-9-11-20(35)12-10-18/h5-12,15-17,23-25,31,35H,4,13-14,30H2,1-3H3,(H,32,36)(H,33,37)(H,34,38)(H,39,40). The van der Waals surface area contributed by atoms with Gasteiger partial charge >= 0.3 is 5.97 Å². The SMILES string of the molecule is CCC(C)C(NC(=O)C(Cc1c[nH]c2ccccc12)NC(=O)C(Cc1ccc(O)cc1)NC(=O)C(C)N)C(=O)O. The number of fused-ring (bicyclic) bond motifs is 1. The Bertz CT molecular complexity index is 1340. The molecule has 1 heterocycles. The summed E-state index contributed by atoms with van der Waals surface area (Å²) in [6, 6.07) is 9.39. The summed E-state index contributed by atoms with van der Waals surface area (Å²) in [5, 5.41) is 28.1. The van der Waals surface area contributed by atoms with Crippen molar-refractivity contribution in [3.05, 3.63) is 65.9 Å². The molecule has 0 saturated heterocycles. The molecule has 0 aliphatic carbocycles. The Labute approximate surface area is 232 Å². The highest BCUT2D eigenvalue weighted by atomic mass is 16.4. The highest BCUT2D eigenvalue weighted by molar-refractivity contribution is 5.95. The number of aromatic amines is 1. The van der Waals surface area contributed by atoms with Gasteiger partial charge in [0, 0.05) is 29.9 Å². The molecule has 0 aliphatic heterocycles. The third-order valence-corrected chi connectivity index (χ3v) is 6.93. The van der Waals surface area contributed by atoms with Crippen molar-refractivity contribution in [1.82, 2.24) is 20.9 Å². The van der Waals surface area contributed by atoms with Crippen molar-refractivity contribution in [2.75, 3.05) is 0 Å². The van der Waals surface area contributed by atoms with Crippen LogP contribution in [0.4, 0.5) is 0 Å². The zero-order valence-electron chi connectivity index (χ0n) is 22.8. The van der Waals surface area contributed by atoms with E-state index in [0.29, 0.717) is 12.0 Å². The minimum atomic E-state index is -1.17. The summed E-state index contributed by atoms with van der Waals surface area (Å²) in [7, 11) is 0. The molecule has 0 bridgehead atoms. The second-order valence-electron chi connectivity index (χ2n) is 10.1. The fourth-order valence-electron chi connectivity index (χ4n) is 4.32. The molecule has 40 heavy (non-hydrogen) atoms. The number of phenolic OH excluding ortho intramolecular Hbond substituents is 1. The average molecular weight is 552 g/mol. The zero-order chi connectivity index (χ0) is 29.4. The van der Waals surface area contributed by atoms with Gasteiger partial charge in [0.15, 0.2) is 0 Å². The molecule has 2 aromatic carbocycles. The Hall–Kier alpha value is -4.38. The minimum Gasteiger partial charge on any atom is -0.508 e. The van der Waals surface area contributed by atoms with Crippen LogP contribution in [0, 0.1) is 5.92 Å². The molecule has 11 nitrogen and oxygen atoms in total. The van der Waals surface area contributed by atoms with Gasteiger partial charge in [0.25, 0.3) is 0 Å². The minimum absolute atomic E-state index is 0.0501. The zero-order valence-corrected chi connectivity index (χ0v) is 22.8. The number of para-hydroxylation sites is 1. The maximum Gasteiger partial charge on any atom is 0.326 e. The molecule has 0 radical (unpaired) electrons. The van der Waals surface area contributed by atoms with Crippen LogP contribution in [-0.2, 0) is 32.0 Å². The predicted octanol–water partition coefficient (Wildman–Crippen LogP) is 1.59. The average Bonchev–Trinajstić information content (AvgIpc) is 3.33. The van der Waals surface area contributed by atoms with Crippen LogP contribution in [-0.4, -0.2) is 63.1 Å². The maximum absolute atomic E-state index is 13.6. The second kappa shape index (κ2) is 13.6. The monoisotopic (exact) mass is 551 g/mol. The van der Waals surface area contributed by atoms with E-state index in [0.717, 1.165) is 16.5 Å². The Morgan fingerprint density at radius 2 is 1.48 bits per heavy atom. The van der Waals surface area contributed by atoms with Crippen molar-refractivity contribution >= 4 is 34.6 Å². The number of benzene rings is 2. The van der Waals surface area contributed by atoms with Crippen LogP contribution in [0.5, 0.6) is 5.75 Å². The number of carboxylic acids is 1. The Morgan fingerprint density at radius 1 is 0.875 bits per heavy atom. The molecular weight excluding hydrogens is 514 g/mol. The molecule has 0 aliphatic rings. The first-order valence-electron chi connectivity index (χ1n) is 13.2. The van der Waals surface area contributed by atoms with Crippen LogP contribution in [0.25, 0.3) is 10.9 Å². The van der Waals surface area contributed by atoms with Crippen LogP contribution in [0.3, 0.4) is 0 Å².